The molecule has 4 rings (SSSR count). The van der Waals surface area contributed by atoms with Gasteiger partial charge in [-0.25, -0.2) is 26.3 Å². The molecule has 0 saturated heterocycles. The van der Waals surface area contributed by atoms with Crippen LogP contribution in [0.15, 0.2) is 60.7 Å². The SMILES string of the molecule is COc1cc(CC(C(=O)C(Cc2cc(OC)cc(OC)c2)c2c(F)cc(F)cc2F)c2c(F)cc(F)cc2F)cc(OC)c1. The minimum absolute atomic E-state index is 0.293. The maximum atomic E-state index is 15.3. The Morgan fingerprint density at radius 2 is 0.773 bits per heavy atom. The van der Waals surface area contributed by atoms with Gasteiger partial charge in [-0.05, 0) is 48.2 Å². The molecule has 0 bridgehead atoms. The van der Waals surface area contributed by atoms with Crippen molar-refractivity contribution in [2.75, 3.05) is 28.4 Å². The number of Topliss-reactive ketones (excluding diaryl/α,β-unsaturated/α-hetero) is 1. The van der Waals surface area contributed by atoms with Crippen molar-refractivity contribution in [3.05, 3.63) is 118 Å². The molecule has 0 heterocycles. The van der Waals surface area contributed by atoms with Gasteiger partial charge in [0, 0.05) is 47.5 Å². The summed E-state index contributed by atoms with van der Waals surface area (Å²) in [5.41, 5.74) is -1.00. The number of carbonyl (C=O) groups excluding carboxylic acids is 1. The maximum Gasteiger partial charge on any atom is 0.148 e. The molecule has 44 heavy (non-hydrogen) atoms. The van der Waals surface area contributed by atoms with E-state index >= 15 is 17.6 Å². The lowest BCUT2D eigenvalue weighted by molar-refractivity contribution is -0.122. The average Bonchev–Trinajstić information content (AvgIpc) is 2.98. The number of halogens is 6. The summed E-state index contributed by atoms with van der Waals surface area (Å²) in [4.78, 5) is 14.5. The van der Waals surface area contributed by atoms with Crippen molar-refractivity contribution in [2.24, 2.45) is 0 Å². The summed E-state index contributed by atoms with van der Waals surface area (Å²) < 4.78 is 110. The highest BCUT2D eigenvalue weighted by Gasteiger charge is 2.37. The third-order valence-electron chi connectivity index (χ3n) is 7.17. The van der Waals surface area contributed by atoms with Gasteiger partial charge in [-0.1, -0.05) is 0 Å². The molecule has 0 aliphatic carbocycles. The quantitative estimate of drug-likeness (QED) is 0.154. The summed E-state index contributed by atoms with van der Waals surface area (Å²) in [5, 5.41) is 0. The van der Waals surface area contributed by atoms with Gasteiger partial charge in [0.25, 0.3) is 0 Å². The zero-order valence-corrected chi connectivity index (χ0v) is 24.2. The van der Waals surface area contributed by atoms with E-state index in [0.29, 0.717) is 58.4 Å². The number of ether oxygens (including phenoxy) is 4. The van der Waals surface area contributed by atoms with Crippen LogP contribution < -0.4 is 18.9 Å². The molecule has 0 fully saturated rings. The molecule has 0 aliphatic rings. The average molecular weight is 619 g/mol. The van der Waals surface area contributed by atoms with E-state index in [4.69, 9.17) is 18.9 Å². The summed E-state index contributed by atoms with van der Waals surface area (Å²) in [6.45, 7) is 0. The first-order valence-electron chi connectivity index (χ1n) is 13.2. The Balaban J connectivity index is 1.94. The maximum absolute atomic E-state index is 15.3. The lowest BCUT2D eigenvalue weighted by Crippen LogP contribution is -2.27. The van der Waals surface area contributed by atoms with E-state index in [-0.39, 0.29) is 0 Å². The van der Waals surface area contributed by atoms with Crippen LogP contribution in [0.1, 0.15) is 34.1 Å². The molecule has 5 nitrogen and oxygen atoms in total. The highest BCUT2D eigenvalue weighted by molar-refractivity contribution is 5.92. The molecule has 2 unspecified atom stereocenters. The largest absolute Gasteiger partial charge is 0.497 e. The van der Waals surface area contributed by atoms with Gasteiger partial charge < -0.3 is 18.9 Å². The summed E-state index contributed by atoms with van der Waals surface area (Å²) in [6.07, 6.45) is -0.817. The van der Waals surface area contributed by atoms with Crippen LogP contribution >= 0.6 is 0 Å². The number of benzene rings is 4. The van der Waals surface area contributed by atoms with Crippen LogP contribution in [-0.2, 0) is 17.6 Å². The molecule has 4 aromatic rings. The first-order valence-corrected chi connectivity index (χ1v) is 13.2. The van der Waals surface area contributed by atoms with Crippen molar-refractivity contribution in [1.82, 2.24) is 0 Å². The topological polar surface area (TPSA) is 54.0 Å². The lowest BCUT2D eigenvalue weighted by Gasteiger charge is -2.25. The first-order chi connectivity index (χ1) is 21.0. The molecular formula is C33H28F6O5. The van der Waals surface area contributed by atoms with Crippen molar-refractivity contribution >= 4 is 5.78 Å². The number of hydrogen-bond donors (Lipinski definition) is 0. The summed E-state index contributed by atoms with van der Waals surface area (Å²) in [6, 6.07) is 10.6. The van der Waals surface area contributed by atoms with Gasteiger partial charge in [0.15, 0.2) is 0 Å². The van der Waals surface area contributed by atoms with Crippen LogP contribution in [0.2, 0.25) is 0 Å². The van der Waals surface area contributed by atoms with E-state index < -0.39 is 76.5 Å². The second kappa shape index (κ2) is 13.7. The minimum atomic E-state index is -1.74. The lowest BCUT2D eigenvalue weighted by atomic mass is 9.77. The summed E-state index contributed by atoms with van der Waals surface area (Å²) in [7, 11) is 5.50. The fourth-order valence-electron chi connectivity index (χ4n) is 5.15. The van der Waals surface area contributed by atoms with Gasteiger partial charge in [0.1, 0.15) is 63.7 Å². The molecule has 232 valence electrons. The molecule has 4 aromatic carbocycles. The minimum Gasteiger partial charge on any atom is -0.497 e. The predicted molar refractivity (Wildman–Crippen MR) is 150 cm³/mol. The second-order valence-electron chi connectivity index (χ2n) is 9.92. The first kappa shape index (κ1) is 32.2. The van der Waals surface area contributed by atoms with Crippen LogP contribution in [0, 0.1) is 34.9 Å². The van der Waals surface area contributed by atoms with Crippen LogP contribution in [-0.4, -0.2) is 34.2 Å². The number of carbonyl (C=O) groups is 1. The molecule has 2 atom stereocenters. The van der Waals surface area contributed by atoms with Gasteiger partial charge in [-0.2, -0.15) is 0 Å². The van der Waals surface area contributed by atoms with Crippen molar-refractivity contribution in [1.29, 1.82) is 0 Å². The molecule has 0 N–H and O–H groups in total. The van der Waals surface area contributed by atoms with E-state index in [0.717, 1.165) is 0 Å². The Hall–Kier alpha value is -4.67. The third-order valence-corrected chi connectivity index (χ3v) is 7.17. The van der Waals surface area contributed by atoms with Crippen molar-refractivity contribution < 1.29 is 50.1 Å². The number of rotatable bonds is 12. The zero-order valence-electron chi connectivity index (χ0n) is 24.2. The van der Waals surface area contributed by atoms with Crippen LogP contribution in [0.4, 0.5) is 26.3 Å². The zero-order chi connectivity index (χ0) is 32.1. The molecule has 11 heteroatoms. The number of methoxy groups -OCH3 is 4. The summed E-state index contributed by atoms with van der Waals surface area (Å²) in [5.74, 6) is -11.3. The Labute approximate surface area is 249 Å². The normalized spacial score (nSPS) is 12.4. The van der Waals surface area contributed by atoms with Gasteiger partial charge in [-0.15, -0.1) is 0 Å². The Morgan fingerprint density at radius 3 is 1.02 bits per heavy atom. The van der Waals surface area contributed by atoms with Gasteiger partial charge in [-0.3, -0.25) is 4.79 Å². The number of hydrogen-bond acceptors (Lipinski definition) is 5. The second-order valence-corrected chi connectivity index (χ2v) is 9.92. The molecule has 0 aliphatic heterocycles. The Morgan fingerprint density at radius 1 is 0.500 bits per heavy atom. The van der Waals surface area contributed by atoms with Crippen molar-refractivity contribution in [2.45, 2.75) is 24.7 Å². The van der Waals surface area contributed by atoms with Crippen molar-refractivity contribution in [3.63, 3.8) is 0 Å². The predicted octanol–water partition coefficient (Wildman–Crippen LogP) is 7.48. The Bertz CT molecular complexity index is 1460. The van der Waals surface area contributed by atoms with Crippen LogP contribution in [0.3, 0.4) is 0 Å². The van der Waals surface area contributed by atoms with Crippen molar-refractivity contribution in [3.8, 4) is 23.0 Å². The fraction of sp³-hybridized carbons (Fsp3) is 0.242. The smallest absolute Gasteiger partial charge is 0.148 e. The molecule has 0 saturated carbocycles. The van der Waals surface area contributed by atoms with E-state index in [1.54, 1.807) is 0 Å². The summed E-state index contributed by atoms with van der Waals surface area (Å²) >= 11 is 0. The van der Waals surface area contributed by atoms with Gasteiger partial charge in [0.2, 0.25) is 0 Å². The molecule has 0 amide bonds. The van der Waals surface area contributed by atoms with Crippen LogP contribution in [0.25, 0.3) is 0 Å². The van der Waals surface area contributed by atoms with E-state index in [9.17, 15) is 13.6 Å². The Kier molecular flexibility index (Phi) is 10.1. The molecule has 0 radical (unpaired) electrons. The monoisotopic (exact) mass is 618 g/mol. The van der Waals surface area contributed by atoms with Crippen LogP contribution in [0.5, 0.6) is 23.0 Å². The molecule has 0 aromatic heterocycles. The van der Waals surface area contributed by atoms with E-state index in [1.807, 2.05) is 0 Å². The van der Waals surface area contributed by atoms with Gasteiger partial charge in [0.05, 0.1) is 40.3 Å². The van der Waals surface area contributed by atoms with E-state index in [2.05, 4.69) is 0 Å². The van der Waals surface area contributed by atoms with Gasteiger partial charge >= 0.3 is 0 Å². The fourth-order valence-corrected chi connectivity index (χ4v) is 5.15. The third kappa shape index (κ3) is 7.10. The number of ketones is 1. The highest BCUT2D eigenvalue weighted by atomic mass is 19.2. The van der Waals surface area contributed by atoms with E-state index in [1.165, 1.54) is 64.8 Å². The standard InChI is InChI=1S/C33H28F6O5/c1-41-21-5-17(6-22(15-21)42-2)9-25(31-27(36)11-19(34)12-28(31)37)33(40)26(32-29(38)13-20(35)14-30(32)39)10-18-7-23(43-3)16-24(8-18)44-4/h5-8,11-16,25-26H,9-10H2,1-4H3. The molecule has 0 spiro atoms. The molecular weight excluding hydrogens is 590 g/mol. The highest BCUT2D eigenvalue weighted by Crippen LogP contribution is 2.38.